The number of carbonyl (C=O) groups excluding carboxylic acids is 2. The summed E-state index contributed by atoms with van der Waals surface area (Å²) in [5, 5.41) is 5.53. The number of fused-ring (bicyclic) bond motifs is 1. The van der Waals surface area contributed by atoms with Crippen LogP contribution < -0.4 is 21.1 Å². The molecule has 8 heteroatoms. The predicted octanol–water partition coefficient (Wildman–Crippen LogP) is 0.354. The van der Waals surface area contributed by atoms with Gasteiger partial charge < -0.3 is 15.2 Å². The molecule has 8 nitrogen and oxygen atoms in total. The van der Waals surface area contributed by atoms with Gasteiger partial charge in [0.1, 0.15) is 6.54 Å². The predicted molar refractivity (Wildman–Crippen MR) is 109 cm³/mol. The summed E-state index contributed by atoms with van der Waals surface area (Å²) in [6, 6.07) is 16.0. The van der Waals surface area contributed by atoms with Gasteiger partial charge in [-0.3, -0.25) is 14.9 Å². The fourth-order valence-electron chi connectivity index (χ4n) is 2.99. The summed E-state index contributed by atoms with van der Waals surface area (Å²) in [7, 11) is 0. The third-order valence-corrected chi connectivity index (χ3v) is 4.54. The highest BCUT2D eigenvalue weighted by Crippen LogP contribution is 2.04. The van der Waals surface area contributed by atoms with E-state index in [1.54, 1.807) is 18.2 Å². The zero-order valence-corrected chi connectivity index (χ0v) is 16.2. The van der Waals surface area contributed by atoms with Crippen LogP contribution in [0.5, 0.6) is 0 Å². The van der Waals surface area contributed by atoms with Gasteiger partial charge in [-0.15, -0.1) is 0 Å². The van der Waals surface area contributed by atoms with E-state index in [4.69, 9.17) is 0 Å². The van der Waals surface area contributed by atoms with Crippen LogP contribution >= 0.6 is 0 Å². The Bertz CT molecular complexity index is 1050. The Labute approximate surface area is 168 Å². The van der Waals surface area contributed by atoms with E-state index >= 15 is 0 Å². The molecule has 0 aliphatic carbocycles. The van der Waals surface area contributed by atoms with Crippen LogP contribution in [0.25, 0.3) is 10.9 Å². The summed E-state index contributed by atoms with van der Waals surface area (Å²) >= 11 is 0. The molecule has 0 bridgehead atoms. The molecular weight excluding hydrogens is 370 g/mol. The molecule has 150 valence electrons. The van der Waals surface area contributed by atoms with E-state index in [1.165, 1.54) is 0 Å². The summed E-state index contributed by atoms with van der Waals surface area (Å²) < 4.78 is 0. The number of carbonyl (C=O) groups is 2. The summed E-state index contributed by atoms with van der Waals surface area (Å²) in [4.78, 5) is 44.5. The molecule has 0 radical (unpaired) electrons. The number of nitrogens with one attached hydrogen (secondary N) is 4. The smallest absolute Gasteiger partial charge is 0.321 e. The lowest BCUT2D eigenvalue weighted by atomic mass is 10.2. The second-order valence-corrected chi connectivity index (χ2v) is 6.70. The number of nitrogens with zero attached hydrogens (tertiary/aromatic N) is 1. The third kappa shape index (κ3) is 5.73. The van der Waals surface area contributed by atoms with Crippen LogP contribution in [0.15, 0.2) is 59.4 Å². The van der Waals surface area contributed by atoms with E-state index in [1.807, 2.05) is 43.3 Å². The summed E-state index contributed by atoms with van der Waals surface area (Å²) in [5.41, 5.74) is 1.36. The van der Waals surface area contributed by atoms with Gasteiger partial charge in [0.05, 0.1) is 17.4 Å². The largest absolute Gasteiger partial charge is 0.334 e. The monoisotopic (exact) mass is 394 g/mol. The molecule has 1 atom stereocenters. The molecule has 3 amide bonds. The quantitative estimate of drug-likeness (QED) is 0.464. The molecule has 29 heavy (non-hydrogen) atoms. The lowest BCUT2D eigenvalue weighted by Gasteiger charge is -2.16. The minimum atomic E-state index is -0.536. The summed E-state index contributed by atoms with van der Waals surface area (Å²) in [5.74, 6) is 0.113. The van der Waals surface area contributed by atoms with Gasteiger partial charge in [-0.1, -0.05) is 42.5 Å². The average molecular weight is 394 g/mol. The maximum Gasteiger partial charge on any atom is 0.321 e. The molecule has 0 saturated heterocycles. The van der Waals surface area contributed by atoms with Crippen LogP contribution in [0.1, 0.15) is 18.3 Å². The van der Waals surface area contributed by atoms with Crippen LogP contribution in [-0.4, -0.2) is 35.0 Å². The van der Waals surface area contributed by atoms with Crippen molar-refractivity contribution in [2.24, 2.45) is 0 Å². The SMILES string of the molecule is CC[NH+](CC(=O)NC(=O)NCc1ccccc1)Cc1nc2ccccc2c(=O)[nH]1. The van der Waals surface area contributed by atoms with Crippen molar-refractivity contribution < 1.29 is 14.5 Å². The maximum atomic E-state index is 12.2. The van der Waals surface area contributed by atoms with Crippen LogP contribution in [0.2, 0.25) is 0 Å². The van der Waals surface area contributed by atoms with Gasteiger partial charge in [0.2, 0.25) is 0 Å². The molecule has 0 aliphatic heterocycles. The summed E-state index contributed by atoms with van der Waals surface area (Å²) in [6.45, 7) is 3.36. The van der Waals surface area contributed by atoms with Crippen LogP contribution in [0.3, 0.4) is 0 Å². The number of hydrogen-bond donors (Lipinski definition) is 4. The zero-order chi connectivity index (χ0) is 20.6. The Kier molecular flexibility index (Phi) is 6.70. The fourth-order valence-corrected chi connectivity index (χ4v) is 2.99. The number of hydrogen-bond acceptors (Lipinski definition) is 4. The highest BCUT2D eigenvalue weighted by atomic mass is 16.2. The molecule has 1 aromatic heterocycles. The first-order valence-electron chi connectivity index (χ1n) is 9.48. The Morgan fingerprint density at radius 1 is 1.07 bits per heavy atom. The van der Waals surface area contributed by atoms with E-state index in [0.717, 1.165) is 10.5 Å². The van der Waals surface area contributed by atoms with E-state index in [-0.39, 0.29) is 12.1 Å². The van der Waals surface area contributed by atoms with Crippen molar-refractivity contribution in [2.75, 3.05) is 13.1 Å². The van der Waals surface area contributed by atoms with Gasteiger partial charge in [-0.25, -0.2) is 9.78 Å². The molecule has 1 heterocycles. The highest BCUT2D eigenvalue weighted by molar-refractivity contribution is 5.94. The fraction of sp³-hybridized carbons (Fsp3) is 0.238. The molecule has 0 aliphatic rings. The van der Waals surface area contributed by atoms with Crippen molar-refractivity contribution in [3.05, 3.63) is 76.3 Å². The molecule has 3 aromatic rings. The number of rotatable bonds is 7. The van der Waals surface area contributed by atoms with Crippen molar-refractivity contribution in [2.45, 2.75) is 20.0 Å². The number of imide groups is 1. The minimum absolute atomic E-state index is 0.0891. The molecule has 2 aromatic carbocycles. The van der Waals surface area contributed by atoms with Gasteiger partial charge in [0.15, 0.2) is 12.4 Å². The zero-order valence-electron chi connectivity index (χ0n) is 16.2. The molecule has 4 N–H and O–H groups in total. The van der Waals surface area contributed by atoms with E-state index in [9.17, 15) is 14.4 Å². The number of aromatic amines is 1. The van der Waals surface area contributed by atoms with E-state index in [2.05, 4.69) is 20.6 Å². The van der Waals surface area contributed by atoms with Crippen molar-refractivity contribution in [3.63, 3.8) is 0 Å². The molecular formula is C21H24N5O3+. The van der Waals surface area contributed by atoms with E-state index in [0.29, 0.717) is 36.4 Å². The number of urea groups is 1. The molecule has 0 fully saturated rings. The van der Waals surface area contributed by atoms with Gasteiger partial charge in [-0.2, -0.15) is 0 Å². The second kappa shape index (κ2) is 9.61. The molecule has 1 unspecified atom stereocenters. The first-order valence-corrected chi connectivity index (χ1v) is 9.48. The number of H-pyrrole nitrogens is 1. The van der Waals surface area contributed by atoms with Crippen LogP contribution in [0.4, 0.5) is 4.79 Å². The Balaban J connectivity index is 1.54. The Hall–Kier alpha value is -3.52. The van der Waals surface area contributed by atoms with E-state index < -0.39 is 11.9 Å². The number of para-hydroxylation sites is 1. The Morgan fingerprint density at radius 3 is 2.55 bits per heavy atom. The van der Waals surface area contributed by atoms with Crippen LogP contribution in [0, 0.1) is 0 Å². The van der Waals surface area contributed by atoms with Crippen molar-refractivity contribution >= 4 is 22.8 Å². The van der Waals surface area contributed by atoms with Crippen molar-refractivity contribution in [1.29, 1.82) is 0 Å². The average Bonchev–Trinajstić information content (AvgIpc) is 2.72. The highest BCUT2D eigenvalue weighted by Gasteiger charge is 2.17. The standard InChI is InChI=1S/C21H23N5O3/c1-2-26(13-18-23-17-11-7-6-10-16(17)20(28)24-18)14-19(27)25-21(29)22-12-15-8-4-3-5-9-15/h3-11H,2,12-14H2,1H3,(H,23,24,28)(H2,22,25,27,29)/p+1. The second-order valence-electron chi connectivity index (χ2n) is 6.70. The summed E-state index contributed by atoms with van der Waals surface area (Å²) in [6.07, 6.45) is 0. The molecule has 0 spiro atoms. The minimum Gasteiger partial charge on any atom is -0.334 e. The number of quaternary nitrogens is 1. The van der Waals surface area contributed by atoms with Gasteiger partial charge in [0.25, 0.3) is 11.5 Å². The van der Waals surface area contributed by atoms with Crippen LogP contribution in [-0.2, 0) is 17.9 Å². The first-order chi connectivity index (χ1) is 14.0. The number of amides is 3. The van der Waals surface area contributed by atoms with Gasteiger partial charge in [0, 0.05) is 6.54 Å². The maximum absolute atomic E-state index is 12.2. The van der Waals surface area contributed by atoms with Crippen molar-refractivity contribution in [1.82, 2.24) is 20.6 Å². The number of aromatic nitrogens is 2. The molecule has 0 saturated carbocycles. The lowest BCUT2D eigenvalue weighted by molar-refractivity contribution is -0.904. The molecule has 3 rings (SSSR count). The Morgan fingerprint density at radius 2 is 1.79 bits per heavy atom. The van der Waals surface area contributed by atoms with Crippen molar-refractivity contribution in [3.8, 4) is 0 Å². The number of likely N-dealkylation sites (N-methyl/N-ethyl adjacent to an activating group) is 1. The number of benzene rings is 2. The normalized spacial score (nSPS) is 11.8. The van der Waals surface area contributed by atoms with Gasteiger partial charge >= 0.3 is 6.03 Å². The third-order valence-electron chi connectivity index (χ3n) is 4.54. The topological polar surface area (TPSA) is 108 Å². The first kappa shape index (κ1) is 20.2. The van der Waals surface area contributed by atoms with Gasteiger partial charge in [-0.05, 0) is 24.6 Å². The lowest BCUT2D eigenvalue weighted by Crippen LogP contribution is -3.11.